The molecule has 0 aliphatic carbocycles. The van der Waals surface area contributed by atoms with Gasteiger partial charge >= 0.3 is 0 Å². The molecule has 0 saturated heterocycles. The van der Waals surface area contributed by atoms with Crippen LogP contribution in [0.3, 0.4) is 0 Å². The molecule has 0 unspecified atom stereocenters. The zero-order valence-corrected chi connectivity index (χ0v) is 19.4. The van der Waals surface area contributed by atoms with Crippen LogP contribution in [0.25, 0.3) is 5.69 Å². The predicted octanol–water partition coefficient (Wildman–Crippen LogP) is 5.18. The van der Waals surface area contributed by atoms with Crippen LogP contribution < -0.4 is 5.32 Å². The van der Waals surface area contributed by atoms with E-state index in [1.165, 1.54) is 11.8 Å². The molecule has 162 valence electrons. The molecule has 9 heteroatoms. The van der Waals surface area contributed by atoms with Crippen molar-refractivity contribution in [3.63, 3.8) is 0 Å². The van der Waals surface area contributed by atoms with E-state index in [2.05, 4.69) is 25.6 Å². The first-order valence-electron chi connectivity index (χ1n) is 9.93. The Morgan fingerprint density at radius 2 is 1.75 bits per heavy atom. The number of hydrogen-bond acceptors (Lipinski definition) is 6. The maximum Gasteiger partial charge on any atom is 0.278 e. The molecule has 2 heterocycles. The Hall–Kier alpha value is -3.23. The quantitative estimate of drug-likeness (QED) is 0.312. The molecule has 4 rings (SSSR count). The zero-order valence-electron chi connectivity index (χ0n) is 17.8. The lowest BCUT2D eigenvalue weighted by Crippen LogP contribution is -2.16. The summed E-state index contributed by atoms with van der Waals surface area (Å²) < 4.78 is 1.68. The second kappa shape index (κ2) is 9.50. The molecule has 0 bridgehead atoms. The molecule has 2 aromatic carbocycles. The van der Waals surface area contributed by atoms with Crippen molar-refractivity contribution in [2.24, 2.45) is 0 Å². The molecular formula is C23H21ClN6OS. The average Bonchev–Trinajstić information content (AvgIpc) is 3.19. The number of halogens is 1. The van der Waals surface area contributed by atoms with Gasteiger partial charge in [-0.1, -0.05) is 52.8 Å². The highest BCUT2D eigenvalue weighted by atomic mass is 35.5. The van der Waals surface area contributed by atoms with E-state index in [-0.39, 0.29) is 11.6 Å². The summed E-state index contributed by atoms with van der Waals surface area (Å²) >= 11 is 7.54. The minimum atomic E-state index is -0.352. The van der Waals surface area contributed by atoms with E-state index in [4.69, 9.17) is 11.6 Å². The number of hydrogen-bond donors (Lipinski definition) is 1. The van der Waals surface area contributed by atoms with Gasteiger partial charge in [0.25, 0.3) is 5.91 Å². The molecule has 1 amide bonds. The van der Waals surface area contributed by atoms with E-state index in [1.807, 2.05) is 63.2 Å². The fourth-order valence-corrected chi connectivity index (χ4v) is 4.30. The Morgan fingerprint density at radius 3 is 2.47 bits per heavy atom. The summed E-state index contributed by atoms with van der Waals surface area (Å²) in [5.74, 6) is 0.0664. The van der Waals surface area contributed by atoms with Crippen molar-refractivity contribution in [1.29, 1.82) is 0 Å². The van der Waals surface area contributed by atoms with E-state index < -0.39 is 0 Å². The molecule has 0 saturated carbocycles. The summed E-state index contributed by atoms with van der Waals surface area (Å²) in [6.45, 7) is 5.77. The maximum atomic E-state index is 13.2. The van der Waals surface area contributed by atoms with Crippen LogP contribution >= 0.6 is 23.4 Å². The van der Waals surface area contributed by atoms with Gasteiger partial charge in [0.15, 0.2) is 10.9 Å². The van der Waals surface area contributed by atoms with E-state index in [9.17, 15) is 4.79 Å². The van der Waals surface area contributed by atoms with Crippen LogP contribution in [-0.2, 0) is 5.75 Å². The molecule has 2 aromatic heterocycles. The summed E-state index contributed by atoms with van der Waals surface area (Å²) in [6, 6.07) is 16.9. The summed E-state index contributed by atoms with van der Waals surface area (Å²) in [4.78, 5) is 22.1. The first-order chi connectivity index (χ1) is 15.4. The summed E-state index contributed by atoms with van der Waals surface area (Å²) in [7, 11) is 0. The van der Waals surface area contributed by atoms with Crippen LogP contribution in [0.5, 0.6) is 0 Å². The van der Waals surface area contributed by atoms with Crippen LogP contribution in [0, 0.1) is 20.8 Å². The Kier molecular flexibility index (Phi) is 6.53. The number of amides is 1. The van der Waals surface area contributed by atoms with Crippen molar-refractivity contribution in [3.8, 4) is 5.69 Å². The summed E-state index contributed by atoms with van der Waals surface area (Å²) in [5, 5.41) is 12.6. The average molecular weight is 465 g/mol. The Balaban J connectivity index is 1.68. The Labute approximate surface area is 195 Å². The number of rotatable bonds is 6. The van der Waals surface area contributed by atoms with Crippen LogP contribution in [0.15, 0.2) is 59.8 Å². The first-order valence-corrected chi connectivity index (χ1v) is 11.3. The molecule has 4 aromatic rings. The number of anilines is 1. The number of aryl methyl sites for hydroxylation is 3. The largest absolute Gasteiger partial charge is 0.320 e. The van der Waals surface area contributed by atoms with Gasteiger partial charge in [0, 0.05) is 27.9 Å². The second-order valence-corrected chi connectivity index (χ2v) is 8.65. The zero-order chi connectivity index (χ0) is 22.7. The molecule has 0 atom stereocenters. The van der Waals surface area contributed by atoms with E-state index in [0.29, 0.717) is 27.3 Å². The van der Waals surface area contributed by atoms with E-state index >= 15 is 0 Å². The molecule has 7 nitrogen and oxygen atoms in total. The van der Waals surface area contributed by atoms with Crippen LogP contribution in [0.2, 0.25) is 5.02 Å². The lowest BCUT2D eigenvalue weighted by Gasteiger charge is -2.10. The van der Waals surface area contributed by atoms with Gasteiger partial charge in [-0.15, -0.1) is 5.10 Å². The smallest absolute Gasteiger partial charge is 0.278 e. The molecular weight excluding hydrogens is 444 g/mol. The number of aromatic nitrogens is 5. The highest BCUT2D eigenvalue weighted by molar-refractivity contribution is 7.98. The van der Waals surface area contributed by atoms with Crippen LogP contribution in [0.1, 0.15) is 33.1 Å². The van der Waals surface area contributed by atoms with Crippen molar-refractivity contribution in [2.45, 2.75) is 31.7 Å². The van der Waals surface area contributed by atoms with Gasteiger partial charge in [-0.2, -0.15) is 0 Å². The van der Waals surface area contributed by atoms with Crippen molar-refractivity contribution in [1.82, 2.24) is 25.0 Å². The standard InChI is InChI=1S/C23H21ClN6OS/c1-14-9-10-17(24)12-19(14)27-22(31)21-20(13-32-23-25-15(2)11-16(3)26-23)30(29-28-21)18-7-5-4-6-8-18/h4-12H,13H2,1-3H3,(H,27,31). The highest BCUT2D eigenvalue weighted by Crippen LogP contribution is 2.25. The second-order valence-electron chi connectivity index (χ2n) is 7.27. The monoisotopic (exact) mass is 464 g/mol. The van der Waals surface area contributed by atoms with Crippen molar-refractivity contribution in [2.75, 3.05) is 5.32 Å². The molecule has 32 heavy (non-hydrogen) atoms. The molecule has 0 spiro atoms. The fraction of sp³-hybridized carbons (Fsp3) is 0.174. The van der Waals surface area contributed by atoms with Gasteiger partial charge in [-0.25, -0.2) is 14.6 Å². The van der Waals surface area contributed by atoms with Gasteiger partial charge in [0.05, 0.1) is 11.4 Å². The third-order valence-electron chi connectivity index (χ3n) is 4.73. The SMILES string of the molecule is Cc1cc(C)nc(SCc2c(C(=O)Nc3cc(Cl)ccc3C)nnn2-c2ccccc2)n1. The predicted molar refractivity (Wildman–Crippen MR) is 127 cm³/mol. The van der Waals surface area contributed by atoms with Crippen molar-refractivity contribution < 1.29 is 4.79 Å². The number of carbonyl (C=O) groups is 1. The third-order valence-corrected chi connectivity index (χ3v) is 5.82. The third kappa shape index (κ3) is 4.98. The number of benzene rings is 2. The normalized spacial score (nSPS) is 10.9. The minimum Gasteiger partial charge on any atom is -0.320 e. The van der Waals surface area contributed by atoms with Crippen molar-refractivity contribution >= 4 is 35.0 Å². The summed E-state index contributed by atoms with van der Waals surface area (Å²) in [5.41, 5.74) is 5.03. The van der Waals surface area contributed by atoms with Gasteiger partial charge in [0.1, 0.15) is 0 Å². The minimum absolute atomic E-state index is 0.241. The number of nitrogens with zero attached hydrogens (tertiary/aromatic N) is 5. The van der Waals surface area contributed by atoms with Gasteiger partial charge in [0.2, 0.25) is 0 Å². The van der Waals surface area contributed by atoms with Gasteiger partial charge in [-0.05, 0) is 56.7 Å². The molecule has 0 aliphatic heterocycles. The Bertz CT molecular complexity index is 1250. The number of para-hydroxylation sites is 1. The lowest BCUT2D eigenvalue weighted by molar-refractivity contribution is 0.102. The molecule has 0 fully saturated rings. The highest BCUT2D eigenvalue weighted by Gasteiger charge is 2.22. The fourth-order valence-electron chi connectivity index (χ4n) is 3.19. The van der Waals surface area contributed by atoms with E-state index in [0.717, 1.165) is 22.6 Å². The van der Waals surface area contributed by atoms with Crippen LogP contribution in [0.4, 0.5) is 5.69 Å². The molecule has 1 N–H and O–H groups in total. The lowest BCUT2D eigenvalue weighted by atomic mass is 10.2. The van der Waals surface area contributed by atoms with Gasteiger partial charge in [-0.3, -0.25) is 4.79 Å². The van der Waals surface area contributed by atoms with Crippen molar-refractivity contribution in [3.05, 3.63) is 88.0 Å². The summed E-state index contributed by atoms with van der Waals surface area (Å²) in [6.07, 6.45) is 0. The molecule has 0 aliphatic rings. The number of thioether (sulfide) groups is 1. The molecule has 0 radical (unpaired) electrons. The van der Waals surface area contributed by atoms with Crippen LogP contribution in [-0.4, -0.2) is 30.9 Å². The number of nitrogens with one attached hydrogen (secondary N) is 1. The first kappa shape index (κ1) is 22.0. The topological polar surface area (TPSA) is 85.6 Å². The Morgan fingerprint density at radius 1 is 1.03 bits per heavy atom. The van der Waals surface area contributed by atoms with Gasteiger partial charge < -0.3 is 5.32 Å². The van der Waals surface area contributed by atoms with E-state index in [1.54, 1.807) is 16.8 Å². The maximum absolute atomic E-state index is 13.2. The number of carbonyl (C=O) groups excluding carboxylic acids is 1.